The zero-order valence-electron chi connectivity index (χ0n) is 17.6. The van der Waals surface area contributed by atoms with Crippen molar-refractivity contribution in [2.75, 3.05) is 24.4 Å². The van der Waals surface area contributed by atoms with Crippen molar-refractivity contribution in [1.29, 1.82) is 0 Å². The molecule has 0 saturated carbocycles. The lowest BCUT2D eigenvalue weighted by Crippen LogP contribution is -2.17. The Bertz CT molecular complexity index is 1070. The monoisotopic (exact) mass is 436 g/mol. The molecule has 0 spiro atoms. The topological polar surface area (TPSA) is 93.2 Å². The number of anilines is 2. The number of ether oxygens (including phenoxy) is 1. The van der Waals surface area contributed by atoms with Crippen LogP contribution in [0.3, 0.4) is 0 Å². The lowest BCUT2D eigenvalue weighted by Gasteiger charge is -2.11. The Morgan fingerprint density at radius 3 is 2.52 bits per heavy atom. The fourth-order valence-corrected chi connectivity index (χ4v) is 3.95. The van der Waals surface area contributed by atoms with Gasteiger partial charge in [0, 0.05) is 30.9 Å². The molecular weight excluding hydrogens is 412 g/mol. The van der Waals surface area contributed by atoms with Gasteiger partial charge < -0.3 is 15.4 Å². The first-order valence-corrected chi connectivity index (χ1v) is 10.6. The number of carbonyl (C=O) groups is 2. The van der Waals surface area contributed by atoms with Crippen LogP contribution in [0.4, 0.5) is 11.5 Å². The Hall–Kier alpha value is -3.23. The van der Waals surface area contributed by atoms with Gasteiger partial charge in [-0.25, -0.2) is 9.97 Å². The normalized spacial score (nSPS) is 10.5. The van der Waals surface area contributed by atoms with Crippen LogP contribution in [0.15, 0.2) is 59.9 Å². The molecule has 31 heavy (non-hydrogen) atoms. The maximum Gasteiger partial charge on any atom is 0.258 e. The number of thioether (sulfide) groups is 1. The third-order valence-electron chi connectivity index (χ3n) is 4.24. The first-order valence-electron chi connectivity index (χ1n) is 9.66. The van der Waals surface area contributed by atoms with E-state index >= 15 is 0 Å². The average Bonchev–Trinajstić information content (AvgIpc) is 2.72. The highest BCUT2D eigenvalue weighted by Gasteiger charge is 2.14. The van der Waals surface area contributed by atoms with Crippen molar-refractivity contribution in [2.24, 2.45) is 0 Å². The molecule has 2 N–H and O–H groups in total. The highest BCUT2D eigenvalue weighted by Crippen LogP contribution is 2.26. The van der Waals surface area contributed by atoms with E-state index in [1.54, 1.807) is 30.6 Å². The van der Waals surface area contributed by atoms with Gasteiger partial charge in [-0.1, -0.05) is 6.07 Å². The van der Waals surface area contributed by atoms with Crippen LogP contribution >= 0.6 is 11.8 Å². The molecule has 3 rings (SSSR count). The fraction of sp³-hybridized carbons (Fsp3) is 0.217. The molecule has 0 aliphatic rings. The molecule has 2 aromatic heterocycles. The summed E-state index contributed by atoms with van der Waals surface area (Å²) in [5, 5.41) is 6.27. The van der Waals surface area contributed by atoms with Crippen LogP contribution in [0, 0.1) is 13.8 Å². The third-order valence-corrected chi connectivity index (χ3v) is 5.31. The van der Waals surface area contributed by atoms with E-state index in [-0.39, 0.29) is 18.4 Å². The number of amides is 2. The summed E-state index contributed by atoms with van der Waals surface area (Å²) in [4.78, 5) is 33.1. The Morgan fingerprint density at radius 2 is 1.77 bits per heavy atom. The number of carbonyl (C=O) groups excluding carboxylic acids is 2. The van der Waals surface area contributed by atoms with Gasteiger partial charge >= 0.3 is 0 Å². The summed E-state index contributed by atoms with van der Waals surface area (Å²) in [5.74, 6) is 0.544. The Morgan fingerprint density at radius 1 is 1.00 bits per heavy atom. The van der Waals surface area contributed by atoms with Crippen LogP contribution in [0.2, 0.25) is 0 Å². The molecule has 0 saturated heterocycles. The van der Waals surface area contributed by atoms with Crippen molar-refractivity contribution in [3.8, 4) is 0 Å². The van der Waals surface area contributed by atoms with Crippen molar-refractivity contribution >= 4 is 35.1 Å². The van der Waals surface area contributed by atoms with E-state index in [2.05, 4.69) is 26.7 Å². The molecular formula is C23H24N4O3S. The van der Waals surface area contributed by atoms with E-state index in [0.29, 0.717) is 22.2 Å². The number of rotatable bonds is 8. The maximum atomic E-state index is 12.9. The maximum absolute atomic E-state index is 12.9. The minimum atomic E-state index is -0.269. The number of nitrogens with one attached hydrogen (secondary N) is 2. The van der Waals surface area contributed by atoms with Crippen molar-refractivity contribution in [1.82, 2.24) is 9.97 Å². The van der Waals surface area contributed by atoms with Gasteiger partial charge in [0.2, 0.25) is 0 Å². The molecule has 1 aromatic carbocycles. The number of aromatic nitrogens is 2. The second-order valence-electron chi connectivity index (χ2n) is 7.01. The van der Waals surface area contributed by atoms with Gasteiger partial charge in [0.1, 0.15) is 17.5 Å². The van der Waals surface area contributed by atoms with Gasteiger partial charge in [0.05, 0.1) is 5.56 Å². The molecule has 160 valence electrons. The lowest BCUT2D eigenvalue weighted by atomic mass is 10.1. The molecule has 7 nitrogen and oxygen atoms in total. The number of nitrogens with zero attached hydrogens (tertiary/aromatic N) is 2. The van der Waals surface area contributed by atoms with Crippen LogP contribution in [-0.2, 0) is 15.3 Å². The Kier molecular flexibility index (Phi) is 7.75. The number of pyridine rings is 2. The molecule has 0 bridgehead atoms. The van der Waals surface area contributed by atoms with Crippen LogP contribution < -0.4 is 10.6 Å². The lowest BCUT2D eigenvalue weighted by molar-refractivity contribution is -0.119. The van der Waals surface area contributed by atoms with Crippen LogP contribution in [0.25, 0.3) is 0 Å². The fourth-order valence-electron chi connectivity index (χ4n) is 3.02. The van der Waals surface area contributed by atoms with E-state index < -0.39 is 0 Å². The molecule has 3 aromatic rings. The highest BCUT2D eigenvalue weighted by molar-refractivity contribution is 7.98. The smallest absolute Gasteiger partial charge is 0.258 e. The molecule has 2 amide bonds. The van der Waals surface area contributed by atoms with Gasteiger partial charge in [-0.05, 0) is 66.9 Å². The van der Waals surface area contributed by atoms with E-state index in [4.69, 9.17) is 4.74 Å². The standard InChI is InChI=1S/C23H24N4O3S/c1-15-9-16(2)11-18(10-15)26-22(29)19-5-4-7-25-23(19)31-14-17-6-8-24-20(12-17)27-21(28)13-30-3/h4-12H,13-14H2,1-3H3,(H,26,29)(H,24,27,28). The molecule has 8 heteroatoms. The summed E-state index contributed by atoms with van der Waals surface area (Å²) in [5.41, 5.74) is 4.38. The van der Waals surface area contributed by atoms with E-state index in [1.165, 1.54) is 18.9 Å². The van der Waals surface area contributed by atoms with Gasteiger partial charge in [-0.2, -0.15) is 0 Å². The predicted octanol–water partition coefficient (Wildman–Crippen LogP) is 4.22. The summed E-state index contributed by atoms with van der Waals surface area (Å²) in [6, 6.07) is 13.1. The van der Waals surface area contributed by atoms with Crippen LogP contribution in [-0.4, -0.2) is 35.5 Å². The summed E-state index contributed by atoms with van der Waals surface area (Å²) < 4.78 is 4.81. The minimum absolute atomic E-state index is 0.0342. The third kappa shape index (κ3) is 6.63. The quantitative estimate of drug-likeness (QED) is 0.514. The van der Waals surface area contributed by atoms with E-state index in [9.17, 15) is 9.59 Å². The first-order chi connectivity index (χ1) is 14.9. The highest BCUT2D eigenvalue weighted by atomic mass is 32.2. The van der Waals surface area contributed by atoms with Crippen molar-refractivity contribution in [3.05, 3.63) is 77.1 Å². The number of hydrogen-bond acceptors (Lipinski definition) is 6. The minimum Gasteiger partial charge on any atom is -0.375 e. The van der Waals surface area contributed by atoms with Crippen molar-refractivity contribution < 1.29 is 14.3 Å². The molecule has 0 unspecified atom stereocenters. The predicted molar refractivity (Wildman–Crippen MR) is 122 cm³/mol. The second kappa shape index (κ2) is 10.7. The zero-order valence-corrected chi connectivity index (χ0v) is 18.5. The van der Waals surface area contributed by atoms with Gasteiger partial charge in [-0.15, -0.1) is 11.8 Å². The summed E-state index contributed by atoms with van der Waals surface area (Å²) in [7, 11) is 1.46. The molecule has 0 radical (unpaired) electrons. The Labute approximate surface area is 185 Å². The second-order valence-corrected chi connectivity index (χ2v) is 7.97. The number of hydrogen-bond donors (Lipinski definition) is 2. The summed E-state index contributed by atoms with van der Waals surface area (Å²) in [6.07, 6.45) is 3.29. The Balaban J connectivity index is 1.69. The summed E-state index contributed by atoms with van der Waals surface area (Å²) >= 11 is 1.45. The molecule has 0 aliphatic heterocycles. The first kappa shape index (κ1) is 22.5. The molecule has 0 fully saturated rings. The van der Waals surface area contributed by atoms with Crippen molar-refractivity contribution in [2.45, 2.75) is 24.6 Å². The van der Waals surface area contributed by atoms with Crippen molar-refractivity contribution in [3.63, 3.8) is 0 Å². The molecule has 0 atom stereocenters. The van der Waals surface area contributed by atoms with Gasteiger partial charge in [0.25, 0.3) is 11.8 Å². The number of aryl methyl sites for hydroxylation is 2. The van der Waals surface area contributed by atoms with E-state index in [0.717, 1.165) is 22.4 Å². The SMILES string of the molecule is COCC(=O)Nc1cc(CSc2ncccc2C(=O)Nc2cc(C)cc(C)c2)ccn1. The molecule has 0 aliphatic carbocycles. The summed E-state index contributed by atoms with van der Waals surface area (Å²) in [6.45, 7) is 3.96. The van der Waals surface area contributed by atoms with Gasteiger partial charge in [-0.3, -0.25) is 9.59 Å². The largest absolute Gasteiger partial charge is 0.375 e. The van der Waals surface area contributed by atoms with Crippen LogP contribution in [0.1, 0.15) is 27.0 Å². The van der Waals surface area contributed by atoms with E-state index in [1.807, 2.05) is 32.0 Å². The average molecular weight is 437 g/mol. The molecule has 2 heterocycles. The number of methoxy groups -OCH3 is 1. The van der Waals surface area contributed by atoms with Gasteiger partial charge in [0.15, 0.2) is 0 Å². The number of benzene rings is 1. The van der Waals surface area contributed by atoms with Crippen LogP contribution in [0.5, 0.6) is 0 Å². The zero-order chi connectivity index (χ0) is 22.2.